The molecule has 0 bridgehead atoms. The molecule has 0 unspecified atom stereocenters. The van der Waals surface area contributed by atoms with E-state index >= 15 is 0 Å². The van der Waals surface area contributed by atoms with Gasteiger partial charge in [-0.15, -0.1) is 0 Å². The molecule has 0 spiro atoms. The zero-order valence-electron chi connectivity index (χ0n) is 9.02. The van der Waals surface area contributed by atoms with Crippen molar-refractivity contribution >= 4 is 29.3 Å². The maximum Gasteiger partial charge on any atom is 0.307 e. The second-order valence-electron chi connectivity index (χ2n) is 3.89. The number of thioether (sulfide) groups is 1. The lowest BCUT2D eigenvalue weighted by molar-refractivity contribution is -0.154. The molecule has 0 saturated carbocycles. The van der Waals surface area contributed by atoms with E-state index in [-0.39, 0.29) is 5.97 Å². The third-order valence-corrected chi connectivity index (χ3v) is 3.09. The van der Waals surface area contributed by atoms with E-state index in [1.165, 1.54) is 29.6 Å². The monoisotopic (exact) mass is 246 g/mol. The highest BCUT2D eigenvalue weighted by Gasteiger charge is 2.15. The number of ether oxygens (including phenoxy) is 1. The molecule has 0 fully saturated rings. The fourth-order valence-electron chi connectivity index (χ4n) is 0.841. The number of esters is 1. The number of carbonyl (C=O) groups is 1. The lowest BCUT2D eigenvalue weighted by Crippen LogP contribution is -2.23. The van der Waals surface area contributed by atoms with Crippen molar-refractivity contribution in [2.75, 3.05) is 5.75 Å². The van der Waals surface area contributed by atoms with Gasteiger partial charge in [0.1, 0.15) is 11.9 Å². The van der Waals surface area contributed by atoms with Gasteiger partial charge in [0.25, 0.3) is 0 Å². The summed E-state index contributed by atoms with van der Waals surface area (Å²) in [6.45, 7) is 5.59. The van der Waals surface area contributed by atoms with Crippen molar-refractivity contribution in [1.29, 1.82) is 0 Å². The molecular formula is C9H14N2O2S2. The molecular weight excluding hydrogens is 232 g/mol. The maximum absolute atomic E-state index is 11.3. The summed E-state index contributed by atoms with van der Waals surface area (Å²) in [4.78, 5) is 15.3. The quantitative estimate of drug-likeness (QED) is 0.603. The highest BCUT2D eigenvalue weighted by atomic mass is 32.2. The Morgan fingerprint density at radius 1 is 1.60 bits per heavy atom. The predicted molar refractivity (Wildman–Crippen MR) is 61.1 cm³/mol. The number of hydrogen-bond donors (Lipinski definition) is 0. The highest BCUT2D eigenvalue weighted by molar-refractivity contribution is 8.00. The molecule has 0 atom stereocenters. The van der Waals surface area contributed by atoms with Gasteiger partial charge >= 0.3 is 5.97 Å². The van der Waals surface area contributed by atoms with Crippen LogP contribution < -0.4 is 0 Å². The second kappa shape index (κ2) is 5.46. The van der Waals surface area contributed by atoms with Gasteiger partial charge in [0, 0.05) is 5.75 Å². The van der Waals surface area contributed by atoms with Crippen LogP contribution in [0.1, 0.15) is 27.2 Å². The Labute approximate surface area is 97.6 Å². The average Bonchev–Trinajstić information content (AvgIpc) is 2.53. The van der Waals surface area contributed by atoms with E-state index in [1.807, 2.05) is 20.8 Å². The van der Waals surface area contributed by atoms with E-state index in [0.29, 0.717) is 12.2 Å². The van der Waals surface area contributed by atoms with Crippen molar-refractivity contribution in [3.8, 4) is 0 Å². The Kier molecular flexibility index (Phi) is 4.53. The van der Waals surface area contributed by atoms with E-state index in [0.717, 1.165) is 4.34 Å². The van der Waals surface area contributed by atoms with Crippen LogP contribution in [0.3, 0.4) is 0 Å². The van der Waals surface area contributed by atoms with Crippen LogP contribution in [0.15, 0.2) is 10.7 Å². The fourth-order valence-corrected chi connectivity index (χ4v) is 2.27. The molecule has 0 aliphatic heterocycles. The number of aromatic nitrogens is 2. The molecule has 84 valence electrons. The van der Waals surface area contributed by atoms with Crippen molar-refractivity contribution < 1.29 is 9.53 Å². The molecule has 0 N–H and O–H groups in total. The van der Waals surface area contributed by atoms with Crippen molar-refractivity contribution in [3.05, 3.63) is 6.33 Å². The van der Waals surface area contributed by atoms with Gasteiger partial charge in [-0.25, -0.2) is 4.98 Å². The fraction of sp³-hybridized carbons (Fsp3) is 0.667. The zero-order chi connectivity index (χ0) is 11.3. The molecule has 0 aliphatic rings. The summed E-state index contributed by atoms with van der Waals surface area (Å²) < 4.78 is 9.93. The smallest absolute Gasteiger partial charge is 0.307 e. The first-order valence-electron chi connectivity index (χ1n) is 4.59. The van der Waals surface area contributed by atoms with Gasteiger partial charge in [0.2, 0.25) is 0 Å². The molecule has 0 radical (unpaired) electrons. The molecule has 1 aromatic rings. The van der Waals surface area contributed by atoms with Crippen LogP contribution in [0.4, 0.5) is 0 Å². The Morgan fingerprint density at radius 2 is 2.33 bits per heavy atom. The van der Waals surface area contributed by atoms with Crippen molar-refractivity contribution in [1.82, 2.24) is 9.36 Å². The van der Waals surface area contributed by atoms with Crippen LogP contribution in [0, 0.1) is 0 Å². The van der Waals surface area contributed by atoms with Gasteiger partial charge < -0.3 is 4.74 Å². The standard InChI is InChI=1S/C9H14N2O2S2/c1-9(2,3)13-7(12)4-5-14-8-10-6-11-15-8/h6H,4-5H2,1-3H3. The molecule has 0 aromatic carbocycles. The molecule has 1 rings (SSSR count). The van der Waals surface area contributed by atoms with Crippen LogP contribution >= 0.6 is 23.3 Å². The summed E-state index contributed by atoms with van der Waals surface area (Å²) in [5, 5.41) is 0. The first-order valence-corrected chi connectivity index (χ1v) is 6.34. The first-order chi connectivity index (χ1) is 6.97. The number of rotatable bonds is 4. The Bertz CT molecular complexity index is 306. The van der Waals surface area contributed by atoms with Crippen molar-refractivity contribution in [2.24, 2.45) is 0 Å². The molecule has 0 aliphatic carbocycles. The minimum atomic E-state index is -0.398. The predicted octanol–water partition coefficient (Wildman–Crippen LogP) is 2.36. The molecule has 15 heavy (non-hydrogen) atoms. The topological polar surface area (TPSA) is 52.1 Å². The Hall–Kier alpha value is -0.620. The van der Waals surface area contributed by atoms with E-state index in [4.69, 9.17) is 4.74 Å². The number of nitrogens with zero attached hydrogens (tertiary/aromatic N) is 2. The summed E-state index contributed by atoms with van der Waals surface area (Å²) in [5.41, 5.74) is -0.398. The van der Waals surface area contributed by atoms with E-state index < -0.39 is 5.60 Å². The maximum atomic E-state index is 11.3. The van der Waals surface area contributed by atoms with E-state index in [2.05, 4.69) is 9.36 Å². The van der Waals surface area contributed by atoms with Crippen LogP contribution in [0.2, 0.25) is 0 Å². The average molecular weight is 246 g/mol. The van der Waals surface area contributed by atoms with Crippen LogP contribution in [0.5, 0.6) is 0 Å². The largest absolute Gasteiger partial charge is 0.460 e. The SMILES string of the molecule is CC(C)(C)OC(=O)CCSc1ncns1. The van der Waals surface area contributed by atoms with Gasteiger partial charge in [-0.1, -0.05) is 11.8 Å². The van der Waals surface area contributed by atoms with Gasteiger partial charge in [-0.3, -0.25) is 4.79 Å². The van der Waals surface area contributed by atoms with Crippen molar-refractivity contribution in [2.45, 2.75) is 37.1 Å². The third-order valence-electron chi connectivity index (χ3n) is 1.29. The van der Waals surface area contributed by atoms with Crippen LogP contribution in [-0.4, -0.2) is 26.7 Å². The first kappa shape index (κ1) is 12.4. The Morgan fingerprint density at radius 3 is 2.87 bits per heavy atom. The molecule has 1 aromatic heterocycles. The normalized spacial score (nSPS) is 11.4. The summed E-state index contributed by atoms with van der Waals surface area (Å²) in [5.74, 6) is 0.518. The number of carbonyl (C=O) groups excluding carboxylic acids is 1. The summed E-state index contributed by atoms with van der Waals surface area (Å²) >= 11 is 2.86. The number of hydrogen-bond acceptors (Lipinski definition) is 6. The Balaban J connectivity index is 2.18. The summed E-state index contributed by atoms with van der Waals surface area (Å²) in [6, 6.07) is 0. The van der Waals surface area contributed by atoms with Gasteiger partial charge in [-0.2, -0.15) is 4.37 Å². The highest BCUT2D eigenvalue weighted by Crippen LogP contribution is 2.19. The van der Waals surface area contributed by atoms with Gasteiger partial charge in [0.05, 0.1) is 6.42 Å². The van der Waals surface area contributed by atoms with Crippen molar-refractivity contribution in [3.63, 3.8) is 0 Å². The second-order valence-corrected chi connectivity index (χ2v) is 6.01. The minimum Gasteiger partial charge on any atom is -0.460 e. The lowest BCUT2D eigenvalue weighted by atomic mass is 10.2. The third kappa shape index (κ3) is 5.74. The van der Waals surface area contributed by atoms with Crippen LogP contribution in [-0.2, 0) is 9.53 Å². The molecule has 1 heterocycles. The van der Waals surface area contributed by atoms with Crippen LogP contribution in [0.25, 0.3) is 0 Å². The molecule has 6 heteroatoms. The zero-order valence-corrected chi connectivity index (χ0v) is 10.7. The molecule has 4 nitrogen and oxygen atoms in total. The minimum absolute atomic E-state index is 0.167. The summed E-state index contributed by atoms with van der Waals surface area (Å²) in [7, 11) is 0. The van der Waals surface area contributed by atoms with Gasteiger partial charge in [-0.05, 0) is 32.3 Å². The lowest BCUT2D eigenvalue weighted by Gasteiger charge is -2.19. The molecule has 0 amide bonds. The molecule has 0 saturated heterocycles. The van der Waals surface area contributed by atoms with Gasteiger partial charge in [0.15, 0.2) is 4.34 Å². The van der Waals surface area contributed by atoms with E-state index in [9.17, 15) is 4.79 Å². The van der Waals surface area contributed by atoms with E-state index in [1.54, 1.807) is 0 Å². The summed E-state index contributed by atoms with van der Waals surface area (Å²) in [6.07, 6.45) is 1.92.